The number of hydrogen-bond acceptors (Lipinski definition) is 5. The number of rotatable bonds is 6. The number of hydrogen-bond donors (Lipinski definition) is 2. The van der Waals surface area contributed by atoms with E-state index in [9.17, 15) is 10.1 Å². The molecule has 0 aliphatic heterocycles. The van der Waals surface area contributed by atoms with Crippen molar-refractivity contribution in [1.29, 1.82) is 0 Å². The second kappa shape index (κ2) is 5.62. The summed E-state index contributed by atoms with van der Waals surface area (Å²) in [4.78, 5) is 10.5. The monoisotopic (exact) mass is 242 g/mol. The molecule has 0 saturated heterocycles. The molecule has 0 radical (unpaired) electrons. The molecule has 0 saturated carbocycles. The molecule has 1 unspecified atom stereocenters. The first-order valence-corrected chi connectivity index (χ1v) is 5.56. The molecule has 0 fully saturated rings. The highest BCUT2D eigenvalue weighted by Crippen LogP contribution is 2.28. The standard InChI is InChI=1S/C10H18N4O3/c1-4-8(5-6-15)11-10-9(14(16)17)7(2)12-13(10)3/h8,11,15H,4-6H2,1-3H3. The Labute approximate surface area is 99.6 Å². The predicted octanol–water partition coefficient (Wildman–Crippen LogP) is 1.21. The van der Waals surface area contributed by atoms with Crippen LogP contribution in [0.5, 0.6) is 0 Å². The van der Waals surface area contributed by atoms with Crippen molar-refractivity contribution in [3.8, 4) is 0 Å². The summed E-state index contributed by atoms with van der Waals surface area (Å²) in [6.45, 7) is 3.62. The Morgan fingerprint density at radius 3 is 2.76 bits per heavy atom. The van der Waals surface area contributed by atoms with Crippen LogP contribution in [0.1, 0.15) is 25.5 Å². The molecule has 7 nitrogen and oxygen atoms in total. The zero-order chi connectivity index (χ0) is 13.0. The lowest BCUT2D eigenvalue weighted by molar-refractivity contribution is -0.384. The third-order valence-electron chi connectivity index (χ3n) is 2.68. The summed E-state index contributed by atoms with van der Waals surface area (Å²) < 4.78 is 1.47. The van der Waals surface area contributed by atoms with E-state index in [2.05, 4.69) is 10.4 Å². The number of aryl methyl sites for hydroxylation is 2. The van der Waals surface area contributed by atoms with Crippen LogP contribution in [0.3, 0.4) is 0 Å². The number of nitrogens with one attached hydrogen (secondary N) is 1. The third-order valence-corrected chi connectivity index (χ3v) is 2.68. The summed E-state index contributed by atoms with van der Waals surface area (Å²) in [5.41, 5.74) is 0.391. The van der Waals surface area contributed by atoms with E-state index in [4.69, 9.17) is 5.11 Å². The third kappa shape index (κ3) is 2.94. The average Bonchev–Trinajstić information content (AvgIpc) is 2.53. The van der Waals surface area contributed by atoms with Gasteiger partial charge in [-0.1, -0.05) is 6.92 Å². The van der Waals surface area contributed by atoms with Gasteiger partial charge in [-0.05, 0) is 19.8 Å². The Morgan fingerprint density at radius 2 is 2.29 bits per heavy atom. The molecule has 1 aromatic rings. The fourth-order valence-corrected chi connectivity index (χ4v) is 1.75. The number of aliphatic hydroxyl groups excluding tert-OH is 1. The molecule has 1 aromatic heterocycles. The number of nitro groups is 1. The fourth-order valence-electron chi connectivity index (χ4n) is 1.75. The van der Waals surface area contributed by atoms with E-state index in [1.165, 1.54) is 4.68 Å². The lowest BCUT2D eigenvalue weighted by Crippen LogP contribution is -2.22. The van der Waals surface area contributed by atoms with E-state index in [0.717, 1.165) is 6.42 Å². The Hall–Kier alpha value is -1.63. The van der Waals surface area contributed by atoms with Crippen LogP contribution in [0.15, 0.2) is 0 Å². The van der Waals surface area contributed by atoms with E-state index < -0.39 is 4.92 Å². The van der Waals surface area contributed by atoms with Gasteiger partial charge in [0.15, 0.2) is 0 Å². The van der Waals surface area contributed by atoms with Crippen molar-refractivity contribution in [2.75, 3.05) is 11.9 Å². The highest BCUT2D eigenvalue weighted by Gasteiger charge is 2.25. The van der Waals surface area contributed by atoms with E-state index in [1.807, 2.05) is 6.92 Å². The summed E-state index contributed by atoms with van der Waals surface area (Å²) in [6, 6.07) is 0.00787. The van der Waals surface area contributed by atoms with Gasteiger partial charge < -0.3 is 10.4 Å². The molecule has 1 rings (SSSR count). The number of nitrogens with zero attached hydrogens (tertiary/aromatic N) is 3. The van der Waals surface area contributed by atoms with Gasteiger partial charge in [0.05, 0.1) is 4.92 Å². The summed E-state index contributed by atoms with van der Waals surface area (Å²) in [5, 5.41) is 26.9. The second-order valence-electron chi connectivity index (χ2n) is 3.93. The number of anilines is 1. The lowest BCUT2D eigenvalue weighted by atomic mass is 10.1. The van der Waals surface area contributed by atoms with Gasteiger partial charge in [-0.15, -0.1) is 0 Å². The zero-order valence-electron chi connectivity index (χ0n) is 10.3. The molecule has 1 atom stereocenters. The average molecular weight is 242 g/mol. The lowest BCUT2D eigenvalue weighted by Gasteiger charge is -2.16. The van der Waals surface area contributed by atoms with Gasteiger partial charge in [0, 0.05) is 19.7 Å². The Balaban J connectivity index is 3.00. The Kier molecular flexibility index (Phi) is 4.45. The quantitative estimate of drug-likeness (QED) is 0.577. The molecule has 2 N–H and O–H groups in total. The normalized spacial score (nSPS) is 12.5. The minimum Gasteiger partial charge on any atom is -0.396 e. The molecule has 1 heterocycles. The van der Waals surface area contributed by atoms with Gasteiger partial charge >= 0.3 is 5.69 Å². The largest absolute Gasteiger partial charge is 0.396 e. The molecule has 0 aliphatic carbocycles. The van der Waals surface area contributed by atoms with Crippen molar-refractivity contribution in [3.05, 3.63) is 15.8 Å². The van der Waals surface area contributed by atoms with Crippen LogP contribution in [-0.4, -0.2) is 32.5 Å². The first-order valence-electron chi connectivity index (χ1n) is 5.56. The highest BCUT2D eigenvalue weighted by molar-refractivity contribution is 5.59. The molecule has 0 amide bonds. The minimum absolute atomic E-state index is 0.00360. The van der Waals surface area contributed by atoms with Crippen LogP contribution < -0.4 is 5.32 Å². The zero-order valence-corrected chi connectivity index (χ0v) is 10.3. The van der Waals surface area contributed by atoms with Gasteiger partial charge in [0.2, 0.25) is 5.82 Å². The van der Waals surface area contributed by atoms with Crippen molar-refractivity contribution >= 4 is 11.5 Å². The molecule has 0 bridgehead atoms. The molecule has 0 aliphatic rings. The predicted molar refractivity (Wildman–Crippen MR) is 64.0 cm³/mol. The van der Waals surface area contributed by atoms with Crippen LogP contribution in [-0.2, 0) is 7.05 Å². The van der Waals surface area contributed by atoms with Crippen LogP contribution in [0.2, 0.25) is 0 Å². The summed E-state index contributed by atoms with van der Waals surface area (Å²) in [5.74, 6) is 0.396. The minimum atomic E-state index is -0.434. The van der Waals surface area contributed by atoms with E-state index in [1.54, 1.807) is 14.0 Å². The van der Waals surface area contributed by atoms with Gasteiger partial charge in [-0.3, -0.25) is 10.1 Å². The maximum atomic E-state index is 10.9. The summed E-state index contributed by atoms with van der Waals surface area (Å²) in [6.07, 6.45) is 1.33. The fraction of sp³-hybridized carbons (Fsp3) is 0.700. The molecule has 0 spiro atoms. The van der Waals surface area contributed by atoms with Crippen LogP contribution in [0.4, 0.5) is 11.5 Å². The molecule has 0 aromatic carbocycles. The van der Waals surface area contributed by atoms with E-state index in [0.29, 0.717) is 17.9 Å². The maximum Gasteiger partial charge on any atom is 0.333 e. The number of aromatic nitrogens is 2. The van der Waals surface area contributed by atoms with Gasteiger partial charge in [0.25, 0.3) is 0 Å². The van der Waals surface area contributed by atoms with Crippen LogP contribution in [0, 0.1) is 17.0 Å². The van der Waals surface area contributed by atoms with E-state index >= 15 is 0 Å². The van der Waals surface area contributed by atoms with Gasteiger partial charge in [0.1, 0.15) is 5.69 Å². The van der Waals surface area contributed by atoms with Crippen molar-refractivity contribution in [1.82, 2.24) is 9.78 Å². The summed E-state index contributed by atoms with van der Waals surface area (Å²) >= 11 is 0. The molecular formula is C10H18N4O3. The second-order valence-corrected chi connectivity index (χ2v) is 3.93. The SMILES string of the molecule is CCC(CCO)Nc1c([N+](=O)[O-])c(C)nn1C. The van der Waals surface area contributed by atoms with E-state index in [-0.39, 0.29) is 18.3 Å². The van der Waals surface area contributed by atoms with Crippen molar-refractivity contribution in [3.63, 3.8) is 0 Å². The number of aliphatic hydroxyl groups is 1. The van der Waals surface area contributed by atoms with Crippen LogP contribution in [0.25, 0.3) is 0 Å². The first kappa shape index (κ1) is 13.4. The summed E-state index contributed by atoms with van der Waals surface area (Å²) in [7, 11) is 1.66. The molecular weight excluding hydrogens is 224 g/mol. The molecule has 96 valence electrons. The Bertz CT molecular complexity index is 403. The molecule has 17 heavy (non-hydrogen) atoms. The van der Waals surface area contributed by atoms with Crippen LogP contribution >= 0.6 is 0 Å². The molecule has 7 heteroatoms. The smallest absolute Gasteiger partial charge is 0.333 e. The Morgan fingerprint density at radius 1 is 1.65 bits per heavy atom. The van der Waals surface area contributed by atoms with Gasteiger partial charge in [-0.2, -0.15) is 5.10 Å². The maximum absolute atomic E-state index is 10.9. The van der Waals surface area contributed by atoms with Gasteiger partial charge in [-0.25, -0.2) is 4.68 Å². The van der Waals surface area contributed by atoms with Crippen molar-refractivity contribution in [2.45, 2.75) is 32.7 Å². The van der Waals surface area contributed by atoms with Crippen molar-refractivity contribution < 1.29 is 10.0 Å². The van der Waals surface area contributed by atoms with Crippen molar-refractivity contribution in [2.24, 2.45) is 7.05 Å². The first-order chi connectivity index (χ1) is 8.01. The topological polar surface area (TPSA) is 93.2 Å². The highest BCUT2D eigenvalue weighted by atomic mass is 16.6.